The molecule has 0 aromatic heterocycles. The molecular weight excluding hydrogens is 286 g/mol. The molecule has 0 atom stereocenters. The average molecular weight is 309 g/mol. The molecule has 5 nitrogen and oxygen atoms in total. The van der Waals surface area contributed by atoms with E-state index in [-0.39, 0.29) is 0 Å². The number of hydrazone groups is 1. The van der Waals surface area contributed by atoms with Gasteiger partial charge in [-0.25, -0.2) is 0 Å². The van der Waals surface area contributed by atoms with E-state index in [1.54, 1.807) is 6.21 Å². The van der Waals surface area contributed by atoms with Crippen molar-refractivity contribution in [2.24, 2.45) is 5.10 Å². The van der Waals surface area contributed by atoms with Crippen LogP contribution in [0.2, 0.25) is 0 Å². The van der Waals surface area contributed by atoms with Crippen molar-refractivity contribution in [3.05, 3.63) is 29.8 Å². The number of nitrogens with zero attached hydrogens (tertiary/aromatic N) is 1. The molecule has 0 unspecified atom stereocenters. The fraction of sp³-hybridized carbons (Fsp3) is 0.467. The predicted molar refractivity (Wildman–Crippen MR) is 90.1 cm³/mol. The van der Waals surface area contributed by atoms with Crippen LogP contribution < -0.4 is 15.5 Å². The lowest BCUT2D eigenvalue weighted by molar-refractivity contribution is 0.145. The second-order valence-electron chi connectivity index (χ2n) is 4.15. The van der Waals surface area contributed by atoms with Crippen LogP contribution in [0.1, 0.15) is 25.8 Å². The van der Waals surface area contributed by atoms with E-state index < -0.39 is 0 Å². The first kappa shape index (κ1) is 17.4. The second-order valence-corrected chi connectivity index (χ2v) is 4.56. The monoisotopic (exact) mass is 309 g/mol. The fourth-order valence-corrected chi connectivity index (χ4v) is 1.75. The third-order valence-electron chi connectivity index (χ3n) is 2.54. The normalized spacial score (nSPS) is 10.6. The van der Waals surface area contributed by atoms with E-state index in [4.69, 9.17) is 21.7 Å². The molecule has 0 radical (unpaired) electrons. The molecule has 0 spiro atoms. The van der Waals surface area contributed by atoms with Gasteiger partial charge in [-0.15, -0.1) is 0 Å². The van der Waals surface area contributed by atoms with Crippen molar-refractivity contribution in [3.8, 4) is 5.75 Å². The average Bonchev–Trinajstić information content (AvgIpc) is 2.49. The molecule has 1 aromatic carbocycles. The van der Waals surface area contributed by atoms with Crippen LogP contribution in [0.5, 0.6) is 5.75 Å². The van der Waals surface area contributed by atoms with Crippen LogP contribution >= 0.6 is 12.2 Å². The van der Waals surface area contributed by atoms with E-state index in [0.717, 1.165) is 37.5 Å². The molecule has 0 fully saturated rings. The Bertz CT molecular complexity index is 452. The maximum absolute atomic E-state index is 5.52. The van der Waals surface area contributed by atoms with Gasteiger partial charge in [-0.2, -0.15) is 5.10 Å². The fourth-order valence-electron chi connectivity index (χ4n) is 1.59. The SMILES string of the molecule is CCOCCCNC(=S)N/N=C\c1ccccc1OCC. The van der Waals surface area contributed by atoms with Crippen LogP contribution in [0.3, 0.4) is 0 Å². The van der Waals surface area contributed by atoms with Crippen molar-refractivity contribution in [2.75, 3.05) is 26.4 Å². The number of hydrogen-bond acceptors (Lipinski definition) is 4. The zero-order valence-electron chi connectivity index (χ0n) is 12.6. The molecule has 0 aliphatic rings. The van der Waals surface area contributed by atoms with Crippen LogP contribution in [-0.4, -0.2) is 37.7 Å². The van der Waals surface area contributed by atoms with Gasteiger partial charge in [-0.1, -0.05) is 12.1 Å². The molecule has 0 heterocycles. The van der Waals surface area contributed by atoms with Crippen LogP contribution in [-0.2, 0) is 4.74 Å². The van der Waals surface area contributed by atoms with Gasteiger partial charge in [0.05, 0.1) is 12.8 Å². The smallest absolute Gasteiger partial charge is 0.186 e. The quantitative estimate of drug-likeness (QED) is 0.317. The maximum atomic E-state index is 5.52. The molecule has 0 aliphatic heterocycles. The van der Waals surface area contributed by atoms with Gasteiger partial charge in [0, 0.05) is 25.3 Å². The molecule has 0 amide bonds. The molecule has 1 aromatic rings. The molecule has 0 aliphatic carbocycles. The summed E-state index contributed by atoms with van der Waals surface area (Å²) in [6.45, 7) is 6.79. The summed E-state index contributed by atoms with van der Waals surface area (Å²) in [7, 11) is 0. The topological polar surface area (TPSA) is 54.9 Å². The van der Waals surface area contributed by atoms with Crippen LogP contribution in [0, 0.1) is 0 Å². The summed E-state index contributed by atoms with van der Waals surface area (Å²) in [5, 5.41) is 7.67. The highest BCUT2D eigenvalue weighted by Gasteiger charge is 1.99. The Morgan fingerprint density at radius 3 is 2.86 bits per heavy atom. The number of ether oxygens (including phenoxy) is 2. The van der Waals surface area contributed by atoms with E-state index in [0.29, 0.717) is 11.7 Å². The third-order valence-corrected chi connectivity index (χ3v) is 2.78. The van der Waals surface area contributed by atoms with Crippen molar-refractivity contribution in [2.45, 2.75) is 20.3 Å². The number of thiocarbonyl (C=S) groups is 1. The summed E-state index contributed by atoms with van der Waals surface area (Å²) in [4.78, 5) is 0. The summed E-state index contributed by atoms with van der Waals surface area (Å²) in [6, 6.07) is 7.72. The van der Waals surface area contributed by atoms with Crippen LogP contribution in [0.15, 0.2) is 29.4 Å². The largest absolute Gasteiger partial charge is 0.493 e. The maximum Gasteiger partial charge on any atom is 0.186 e. The Balaban J connectivity index is 2.32. The van der Waals surface area contributed by atoms with Gasteiger partial charge in [0.15, 0.2) is 5.11 Å². The first-order valence-electron chi connectivity index (χ1n) is 7.14. The Morgan fingerprint density at radius 1 is 1.29 bits per heavy atom. The van der Waals surface area contributed by atoms with Gasteiger partial charge in [0.2, 0.25) is 0 Å². The molecule has 21 heavy (non-hydrogen) atoms. The van der Waals surface area contributed by atoms with Crippen molar-refractivity contribution in [1.29, 1.82) is 0 Å². The molecular formula is C15H23N3O2S. The molecule has 0 saturated heterocycles. The summed E-state index contributed by atoms with van der Waals surface area (Å²) < 4.78 is 10.8. The molecule has 1 rings (SSSR count). The van der Waals surface area contributed by atoms with E-state index >= 15 is 0 Å². The highest BCUT2D eigenvalue weighted by atomic mass is 32.1. The molecule has 116 valence electrons. The van der Waals surface area contributed by atoms with E-state index in [2.05, 4.69) is 15.8 Å². The zero-order valence-corrected chi connectivity index (χ0v) is 13.4. The van der Waals surface area contributed by atoms with Gasteiger partial charge in [-0.3, -0.25) is 5.43 Å². The lowest BCUT2D eigenvalue weighted by Gasteiger charge is -2.08. The Hall–Kier alpha value is -1.66. The zero-order chi connectivity index (χ0) is 15.3. The number of rotatable bonds is 9. The number of benzene rings is 1. The number of hydrogen-bond donors (Lipinski definition) is 2. The minimum absolute atomic E-state index is 0.497. The van der Waals surface area contributed by atoms with Gasteiger partial charge < -0.3 is 14.8 Å². The minimum Gasteiger partial charge on any atom is -0.493 e. The summed E-state index contributed by atoms with van der Waals surface area (Å²) >= 11 is 5.12. The Labute approximate surface area is 131 Å². The van der Waals surface area contributed by atoms with E-state index in [9.17, 15) is 0 Å². The lowest BCUT2D eigenvalue weighted by Crippen LogP contribution is -2.33. The number of nitrogens with one attached hydrogen (secondary N) is 2. The number of para-hydroxylation sites is 1. The first-order valence-corrected chi connectivity index (χ1v) is 7.55. The minimum atomic E-state index is 0.497. The van der Waals surface area contributed by atoms with Crippen molar-refractivity contribution in [3.63, 3.8) is 0 Å². The highest BCUT2D eigenvalue weighted by Crippen LogP contribution is 2.15. The summed E-state index contributed by atoms with van der Waals surface area (Å²) in [6.07, 6.45) is 2.60. The predicted octanol–water partition coefficient (Wildman–Crippen LogP) is 2.31. The van der Waals surface area contributed by atoms with Crippen LogP contribution in [0.25, 0.3) is 0 Å². The van der Waals surface area contributed by atoms with E-state index in [1.165, 1.54) is 0 Å². The lowest BCUT2D eigenvalue weighted by atomic mass is 10.2. The van der Waals surface area contributed by atoms with Crippen LogP contribution in [0.4, 0.5) is 0 Å². The van der Waals surface area contributed by atoms with Crippen molar-refractivity contribution in [1.82, 2.24) is 10.7 Å². The standard InChI is InChI=1S/C15H23N3O2S/c1-3-19-11-7-10-16-15(21)18-17-12-13-8-5-6-9-14(13)20-4-2/h5-6,8-9,12H,3-4,7,10-11H2,1-2H3,(H2,16,18,21)/b17-12-. The van der Waals surface area contributed by atoms with Gasteiger partial charge in [0.1, 0.15) is 5.75 Å². The molecule has 6 heteroatoms. The second kappa shape index (κ2) is 11.0. The van der Waals surface area contributed by atoms with Crippen molar-refractivity contribution >= 4 is 23.5 Å². The Morgan fingerprint density at radius 2 is 2.10 bits per heavy atom. The van der Waals surface area contributed by atoms with Crippen molar-refractivity contribution < 1.29 is 9.47 Å². The van der Waals surface area contributed by atoms with Gasteiger partial charge in [-0.05, 0) is 44.6 Å². The Kier molecular flexibility index (Phi) is 9.15. The summed E-state index contributed by atoms with van der Waals surface area (Å²) in [5.74, 6) is 0.807. The molecule has 0 bridgehead atoms. The summed E-state index contributed by atoms with van der Waals surface area (Å²) in [5.41, 5.74) is 3.69. The highest BCUT2D eigenvalue weighted by molar-refractivity contribution is 7.80. The van der Waals surface area contributed by atoms with Gasteiger partial charge in [0.25, 0.3) is 0 Å². The van der Waals surface area contributed by atoms with Gasteiger partial charge >= 0.3 is 0 Å². The van der Waals surface area contributed by atoms with E-state index in [1.807, 2.05) is 38.1 Å². The molecule has 2 N–H and O–H groups in total. The third kappa shape index (κ3) is 7.63. The molecule has 0 saturated carbocycles. The first-order chi connectivity index (χ1) is 10.3.